The van der Waals surface area contributed by atoms with Crippen molar-refractivity contribution >= 4 is 35.0 Å². The number of benzene rings is 1. The molecule has 0 aliphatic rings. The summed E-state index contributed by atoms with van der Waals surface area (Å²) in [5.74, 6) is 2.14. The van der Waals surface area contributed by atoms with Crippen molar-refractivity contribution in [2.75, 3.05) is 18.1 Å². The summed E-state index contributed by atoms with van der Waals surface area (Å²) in [7, 11) is 0. The van der Waals surface area contributed by atoms with Crippen LogP contribution in [0, 0.1) is 0 Å². The first-order chi connectivity index (χ1) is 8.19. The average Bonchev–Trinajstić information content (AvgIpc) is 2.33. The van der Waals surface area contributed by atoms with Gasteiger partial charge in [0.15, 0.2) is 0 Å². The Balaban J connectivity index is 2.82. The number of rotatable bonds is 7. The van der Waals surface area contributed by atoms with Crippen LogP contribution >= 0.6 is 35.0 Å². The first kappa shape index (κ1) is 15.2. The molecule has 1 atom stereocenters. The molecule has 0 radical (unpaired) electrons. The third-order valence-electron chi connectivity index (χ3n) is 2.46. The predicted molar refractivity (Wildman–Crippen MR) is 80.5 cm³/mol. The number of hydrogen-bond donors (Lipinski definition) is 1. The van der Waals surface area contributed by atoms with Gasteiger partial charge in [0.2, 0.25) is 0 Å². The number of thioether (sulfide) groups is 1. The molecule has 17 heavy (non-hydrogen) atoms. The molecule has 0 saturated heterocycles. The highest BCUT2D eigenvalue weighted by molar-refractivity contribution is 7.99. The van der Waals surface area contributed by atoms with Gasteiger partial charge in [0, 0.05) is 21.8 Å². The second kappa shape index (κ2) is 8.25. The van der Waals surface area contributed by atoms with Gasteiger partial charge in [-0.3, -0.25) is 0 Å². The highest BCUT2D eigenvalue weighted by Crippen LogP contribution is 2.28. The topological polar surface area (TPSA) is 12.0 Å². The van der Waals surface area contributed by atoms with Crippen LogP contribution in [-0.2, 0) is 0 Å². The molecule has 1 rings (SSSR count). The van der Waals surface area contributed by atoms with Crippen molar-refractivity contribution < 1.29 is 0 Å². The van der Waals surface area contributed by atoms with Crippen LogP contribution in [0.15, 0.2) is 18.2 Å². The third kappa shape index (κ3) is 5.09. The SMILES string of the molecule is CCCNC(CSCC)c1cc(Cl)ccc1Cl. The zero-order valence-corrected chi connectivity index (χ0v) is 12.6. The molecule has 96 valence electrons. The Labute approximate surface area is 118 Å². The van der Waals surface area contributed by atoms with Gasteiger partial charge in [0.1, 0.15) is 0 Å². The normalized spacial score (nSPS) is 12.7. The van der Waals surface area contributed by atoms with E-state index in [0.717, 1.165) is 40.1 Å². The van der Waals surface area contributed by atoms with E-state index >= 15 is 0 Å². The van der Waals surface area contributed by atoms with Crippen LogP contribution in [0.25, 0.3) is 0 Å². The second-order valence-electron chi connectivity index (χ2n) is 3.83. The monoisotopic (exact) mass is 291 g/mol. The lowest BCUT2D eigenvalue weighted by molar-refractivity contribution is 0.577. The molecule has 0 aliphatic carbocycles. The lowest BCUT2D eigenvalue weighted by Gasteiger charge is -2.20. The van der Waals surface area contributed by atoms with E-state index in [9.17, 15) is 0 Å². The molecule has 0 aromatic heterocycles. The lowest BCUT2D eigenvalue weighted by Crippen LogP contribution is -2.24. The molecule has 0 aliphatic heterocycles. The van der Waals surface area contributed by atoms with Crippen molar-refractivity contribution in [3.63, 3.8) is 0 Å². The van der Waals surface area contributed by atoms with Crippen LogP contribution in [0.1, 0.15) is 31.9 Å². The zero-order valence-electron chi connectivity index (χ0n) is 10.3. The van der Waals surface area contributed by atoms with Crippen LogP contribution in [0.2, 0.25) is 10.0 Å². The Bertz CT molecular complexity index is 336. The van der Waals surface area contributed by atoms with Gasteiger partial charge in [-0.15, -0.1) is 0 Å². The summed E-state index contributed by atoms with van der Waals surface area (Å²) in [6.45, 7) is 5.33. The van der Waals surface area contributed by atoms with Gasteiger partial charge in [-0.2, -0.15) is 11.8 Å². The molecule has 0 saturated carbocycles. The van der Waals surface area contributed by atoms with Gasteiger partial charge in [-0.05, 0) is 42.5 Å². The molecule has 0 fully saturated rings. The summed E-state index contributed by atoms with van der Waals surface area (Å²) in [4.78, 5) is 0. The molecule has 4 heteroatoms. The molecule has 1 aromatic carbocycles. The first-order valence-corrected chi connectivity index (χ1v) is 7.86. The van der Waals surface area contributed by atoms with Gasteiger partial charge in [-0.1, -0.05) is 37.0 Å². The average molecular weight is 292 g/mol. The minimum absolute atomic E-state index is 0.283. The maximum absolute atomic E-state index is 6.24. The predicted octanol–water partition coefficient (Wildman–Crippen LogP) is 4.79. The Morgan fingerprint density at radius 1 is 1.29 bits per heavy atom. The van der Waals surface area contributed by atoms with Gasteiger partial charge in [-0.25, -0.2) is 0 Å². The molecule has 0 bridgehead atoms. The van der Waals surface area contributed by atoms with Crippen molar-refractivity contribution in [1.82, 2.24) is 5.32 Å². The molecule has 0 spiro atoms. The van der Waals surface area contributed by atoms with E-state index in [1.54, 1.807) is 0 Å². The molecule has 1 N–H and O–H groups in total. The number of hydrogen-bond acceptors (Lipinski definition) is 2. The van der Waals surface area contributed by atoms with E-state index in [4.69, 9.17) is 23.2 Å². The van der Waals surface area contributed by atoms with E-state index in [0.29, 0.717) is 0 Å². The molecular weight excluding hydrogens is 273 g/mol. The quantitative estimate of drug-likeness (QED) is 0.775. The highest BCUT2D eigenvalue weighted by Gasteiger charge is 2.14. The van der Waals surface area contributed by atoms with Crippen molar-refractivity contribution in [3.05, 3.63) is 33.8 Å². The van der Waals surface area contributed by atoms with Crippen LogP contribution in [0.3, 0.4) is 0 Å². The Hall–Kier alpha value is 0.110. The summed E-state index contributed by atoms with van der Waals surface area (Å²) in [5, 5.41) is 5.06. The Morgan fingerprint density at radius 3 is 2.71 bits per heavy atom. The van der Waals surface area contributed by atoms with Crippen LogP contribution in [-0.4, -0.2) is 18.1 Å². The maximum atomic E-state index is 6.24. The van der Waals surface area contributed by atoms with Gasteiger partial charge in [0.05, 0.1) is 0 Å². The van der Waals surface area contributed by atoms with Crippen LogP contribution in [0.5, 0.6) is 0 Å². The molecule has 0 amide bonds. The molecule has 0 heterocycles. The maximum Gasteiger partial charge on any atom is 0.0455 e. The third-order valence-corrected chi connectivity index (χ3v) is 4.02. The van der Waals surface area contributed by atoms with Crippen molar-refractivity contribution in [1.29, 1.82) is 0 Å². The Morgan fingerprint density at radius 2 is 2.06 bits per heavy atom. The molecule has 1 unspecified atom stereocenters. The first-order valence-electron chi connectivity index (χ1n) is 5.95. The lowest BCUT2D eigenvalue weighted by atomic mass is 10.1. The minimum Gasteiger partial charge on any atom is -0.309 e. The summed E-state index contributed by atoms with van der Waals surface area (Å²) in [5.41, 5.74) is 1.11. The fourth-order valence-electron chi connectivity index (χ4n) is 1.59. The van der Waals surface area contributed by atoms with Crippen molar-refractivity contribution in [3.8, 4) is 0 Å². The van der Waals surface area contributed by atoms with E-state index in [-0.39, 0.29) is 6.04 Å². The van der Waals surface area contributed by atoms with Gasteiger partial charge >= 0.3 is 0 Å². The minimum atomic E-state index is 0.283. The standard InChI is InChI=1S/C13H19Cl2NS/c1-3-7-16-13(9-17-4-2)11-8-10(14)5-6-12(11)15/h5-6,8,13,16H,3-4,7,9H2,1-2H3. The van der Waals surface area contributed by atoms with E-state index in [2.05, 4.69) is 19.2 Å². The molecular formula is C13H19Cl2NS. The fourth-order valence-corrected chi connectivity index (χ4v) is 2.79. The summed E-state index contributed by atoms with van der Waals surface area (Å²) in [6, 6.07) is 5.95. The summed E-state index contributed by atoms with van der Waals surface area (Å²) in [6.07, 6.45) is 1.12. The van der Waals surface area contributed by atoms with Crippen molar-refractivity contribution in [2.45, 2.75) is 26.3 Å². The smallest absolute Gasteiger partial charge is 0.0455 e. The van der Waals surface area contributed by atoms with Crippen molar-refractivity contribution in [2.24, 2.45) is 0 Å². The second-order valence-corrected chi connectivity index (χ2v) is 5.99. The number of nitrogens with one attached hydrogen (secondary N) is 1. The van der Waals surface area contributed by atoms with Gasteiger partial charge in [0.25, 0.3) is 0 Å². The van der Waals surface area contributed by atoms with E-state index < -0.39 is 0 Å². The van der Waals surface area contributed by atoms with E-state index in [1.165, 1.54) is 0 Å². The van der Waals surface area contributed by atoms with Crippen LogP contribution < -0.4 is 5.32 Å². The largest absolute Gasteiger partial charge is 0.309 e. The Kier molecular flexibility index (Phi) is 7.36. The summed E-state index contributed by atoms with van der Waals surface area (Å²) >= 11 is 14.2. The number of halogens is 2. The van der Waals surface area contributed by atoms with Crippen LogP contribution in [0.4, 0.5) is 0 Å². The van der Waals surface area contributed by atoms with Gasteiger partial charge < -0.3 is 5.32 Å². The zero-order chi connectivity index (χ0) is 12.7. The highest BCUT2D eigenvalue weighted by atomic mass is 35.5. The van der Waals surface area contributed by atoms with E-state index in [1.807, 2.05) is 30.0 Å². The molecule has 1 aromatic rings. The molecule has 1 nitrogen and oxygen atoms in total. The fraction of sp³-hybridized carbons (Fsp3) is 0.538. The summed E-state index contributed by atoms with van der Waals surface area (Å²) < 4.78 is 0.